The number of nitrogens with one attached hydrogen (secondary N) is 3. The van der Waals surface area contributed by atoms with Gasteiger partial charge in [-0.1, -0.05) is 36.4 Å². The van der Waals surface area contributed by atoms with Gasteiger partial charge in [-0.2, -0.15) is 0 Å². The SMILES string of the molecule is O=C1CN(C(=O)NCc2ccccc2)C[C@H]2C[C@H](C(=O)NCc3cccs3)C[C@H]2N1. The Morgan fingerprint density at radius 1 is 1.07 bits per heavy atom. The fourth-order valence-corrected chi connectivity index (χ4v) is 4.91. The Balaban J connectivity index is 1.32. The molecule has 1 aliphatic carbocycles. The molecule has 2 aliphatic rings. The lowest BCUT2D eigenvalue weighted by Crippen LogP contribution is -2.44. The molecule has 30 heavy (non-hydrogen) atoms. The highest BCUT2D eigenvalue weighted by Gasteiger charge is 2.42. The highest BCUT2D eigenvalue weighted by Crippen LogP contribution is 2.33. The van der Waals surface area contributed by atoms with E-state index in [1.54, 1.807) is 16.2 Å². The first kappa shape index (κ1) is 20.4. The summed E-state index contributed by atoms with van der Waals surface area (Å²) in [4.78, 5) is 40.3. The summed E-state index contributed by atoms with van der Waals surface area (Å²) in [7, 11) is 0. The zero-order valence-electron chi connectivity index (χ0n) is 16.7. The minimum Gasteiger partial charge on any atom is -0.351 e. The van der Waals surface area contributed by atoms with Gasteiger partial charge >= 0.3 is 6.03 Å². The van der Waals surface area contributed by atoms with Crippen LogP contribution in [0, 0.1) is 11.8 Å². The highest BCUT2D eigenvalue weighted by molar-refractivity contribution is 7.09. The van der Waals surface area contributed by atoms with Gasteiger partial charge in [0, 0.05) is 29.9 Å². The predicted octanol–water partition coefficient (Wildman–Crippen LogP) is 2.10. The van der Waals surface area contributed by atoms with Crippen molar-refractivity contribution in [2.45, 2.75) is 32.0 Å². The third-order valence-electron chi connectivity index (χ3n) is 5.79. The summed E-state index contributed by atoms with van der Waals surface area (Å²) in [5, 5.41) is 10.9. The molecule has 2 aromatic rings. The molecule has 0 radical (unpaired) electrons. The summed E-state index contributed by atoms with van der Waals surface area (Å²) in [6.45, 7) is 1.46. The van der Waals surface area contributed by atoms with Gasteiger partial charge in [0.1, 0.15) is 6.54 Å². The minimum absolute atomic E-state index is 0.0193. The van der Waals surface area contributed by atoms with E-state index in [-0.39, 0.29) is 42.3 Å². The first-order valence-electron chi connectivity index (χ1n) is 10.2. The summed E-state index contributed by atoms with van der Waals surface area (Å²) in [5.41, 5.74) is 1.01. The number of fused-ring (bicyclic) bond motifs is 1. The van der Waals surface area contributed by atoms with Crippen LogP contribution in [0.3, 0.4) is 0 Å². The van der Waals surface area contributed by atoms with Crippen LogP contribution in [0.15, 0.2) is 47.8 Å². The standard InChI is InChI=1S/C22H26N4O3S/c27-20-14-26(22(29)24-11-15-5-2-1-3-6-15)13-17-9-16(10-19(17)25-20)21(28)23-12-18-7-4-8-30-18/h1-8,16-17,19H,9-14H2,(H,23,28)(H,24,29)(H,25,27)/t16-,17+,19+/m0/s1. The summed E-state index contributed by atoms with van der Waals surface area (Å²) in [6, 6.07) is 13.3. The maximum absolute atomic E-state index is 12.7. The molecule has 158 valence electrons. The van der Waals surface area contributed by atoms with Crippen molar-refractivity contribution in [2.75, 3.05) is 13.1 Å². The molecule has 4 amide bonds. The van der Waals surface area contributed by atoms with Crippen molar-refractivity contribution in [1.82, 2.24) is 20.9 Å². The Hall–Kier alpha value is -2.87. The average molecular weight is 427 g/mol. The third kappa shape index (κ3) is 4.99. The number of hydrogen-bond donors (Lipinski definition) is 3. The molecule has 1 saturated carbocycles. The van der Waals surface area contributed by atoms with Gasteiger partial charge < -0.3 is 20.9 Å². The first-order chi connectivity index (χ1) is 14.6. The van der Waals surface area contributed by atoms with Crippen LogP contribution < -0.4 is 16.0 Å². The largest absolute Gasteiger partial charge is 0.351 e. The highest BCUT2D eigenvalue weighted by atomic mass is 32.1. The Labute approximate surface area is 179 Å². The predicted molar refractivity (Wildman–Crippen MR) is 115 cm³/mol. The van der Waals surface area contributed by atoms with Crippen LogP contribution in [0.5, 0.6) is 0 Å². The van der Waals surface area contributed by atoms with Gasteiger partial charge in [0.05, 0.1) is 6.54 Å². The van der Waals surface area contributed by atoms with E-state index in [0.717, 1.165) is 10.4 Å². The van der Waals surface area contributed by atoms with E-state index >= 15 is 0 Å². The van der Waals surface area contributed by atoms with E-state index in [0.29, 0.717) is 32.5 Å². The molecule has 1 aliphatic heterocycles. The summed E-state index contributed by atoms with van der Waals surface area (Å²) >= 11 is 1.61. The Kier molecular flexibility index (Phi) is 6.32. The van der Waals surface area contributed by atoms with E-state index in [2.05, 4.69) is 16.0 Å². The van der Waals surface area contributed by atoms with E-state index in [1.807, 2.05) is 47.8 Å². The van der Waals surface area contributed by atoms with Gasteiger partial charge in [-0.3, -0.25) is 9.59 Å². The second kappa shape index (κ2) is 9.30. The molecule has 1 saturated heterocycles. The smallest absolute Gasteiger partial charge is 0.318 e. The molecule has 2 heterocycles. The van der Waals surface area contributed by atoms with Crippen molar-refractivity contribution in [3.8, 4) is 0 Å². The molecule has 7 nitrogen and oxygen atoms in total. The lowest BCUT2D eigenvalue weighted by molar-refractivity contribution is -0.125. The van der Waals surface area contributed by atoms with Crippen LogP contribution in [0.1, 0.15) is 23.3 Å². The molecular weight excluding hydrogens is 400 g/mol. The van der Waals surface area contributed by atoms with Gasteiger partial charge in [0.2, 0.25) is 11.8 Å². The zero-order chi connectivity index (χ0) is 20.9. The molecule has 2 fully saturated rings. The Morgan fingerprint density at radius 3 is 2.67 bits per heavy atom. The maximum atomic E-state index is 12.7. The molecule has 0 bridgehead atoms. The van der Waals surface area contributed by atoms with Gasteiger partial charge in [-0.05, 0) is 35.8 Å². The molecule has 3 N–H and O–H groups in total. The van der Waals surface area contributed by atoms with Crippen LogP contribution in [-0.2, 0) is 22.7 Å². The summed E-state index contributed by atoms with van der Waals surface area (Å²) in [5.74, 6) is -0.216. The van der Waals surface area contributed by atoms with Crippen LogP contribution in [0.4, 0.5) is 4.79 Å². The number of urea groups is 1. The molecule has 0 spiro atoms. The molecule has 1 aromatic heterocycles. The number of amides is 4. The lowest BCUT2D eigenvalue weighted by Gasteiger charge is -2.23. The monoisotopic (exact) mass is 426 g/mol. The normalized spacial score (nSPS) is 23.3. The number of hydrogen-bond acceptors (Lipinski definition) is 4. The zero-order valence-corrected chi connectivity index (χ0v) is 17.5. The fourth-order valence-electron chi connectivity index (χ4n) is 4.26. The molecule has 8 heteroatoms. The van der Waals surface area contributed by atoms with Gasteiger partial charge in [0.15, 0.2) is 0 Å². The van der Waals surface area contributed by atoms with E-state index in [4.69, 9.17) is 0 Å². The fraction of sp³-hybridized carbons (Fsp3) is 0.409. The van der Waals surface area contributed by atoms with Gasteiger partial charge in [-0.15, -0.1) is 11.3 Å². The third-order valence-corrected chi connectivity index (χ3v) is 6.67. The number of thiophene rings is 1. The van der Waals surface area contributed by atoms with Crippen LogP contribution in [-0.4, -0.2) is 41.9 Å². The summed E-state index contributed by atoms with van der Waals surface area (Å²) in [6.07, 6.45) is 1.29. The van der Waals surface area contributed by atoms with E-state index < -0.39 is 0 Å². The molecule has 4 rings (SSSR count). The first-order valence-corrected chi connectivity index (χ1v) is 11.1. The molecular formula is C22H26N4O3S. The maximum Gasteiger partial charge on any atom is 0.318 e. The van der Waals surface area contributed by atoms with Crippen molar-refractivity contribution < 1.29 is 14.4 Å². The summed E-state index contributed by atoms with van der Waals surface area (Å²) < 4.78 is 0. The van der Waals surface area contributed by atoms with Crippen LogP contribution >= 0.6 is 11.3 Å². The van der Waals surface area contributed by atoms with Crippen LogP contribution in [0.2, 0.25) is 0 Å². The van der Waals surface area contributed by atoms with Crippen LogP contribution in [0.25, 0.3) is 0 Å². The second-order valence-corrected chi connectivity index (χ2v) is 8.96. The Bertz CT molecular complexity index is 887. The number of rotatable bonds is 5. The van der Waals surface area contributed by atoms with Gasteiger partial charge in [-0.25, -0.2) is 4.79 Å². The number of benzene rings is 1. The van der Waals surface area contributed by atoms with Crippen molar-refractivity contribution in [3.05, 3.63) is 58.3 Å². The van der Waals surface area contributed by atoms with Crippen molar-refractivity contribution >= 4 is 29.2 Å². The average Bonchev–Trinajstić information content (AvgIpc) is 3.38. The van der Waals surface area contributed by atoms with E-state index in [9.17, 15) is 14.4 Å². The van der Waals surface area contributed by atoms with Crippen molar-refractivity contribution in [3.63, 3.8) is 0 Å². The second-order valence-electron chi connectivity index (χ2n) is 7.92. The Morgan fingerprint density at radius 2 is 1.90 bits per heavy atom. The molecule has 0 unspecified atom stereocenters. The minimum atomic E-state index is -0.250. The molecule has 3 atom stereocenters. The lowest BCUT2D eigenvalue weighted by atomic mass is 10.0. The number of carbonyl (C=O) groups is 3. The number of nitrogens with zero attached hydrogens (tertiary/aromatic N) is 1. The van der Waals surface area contributed by atoms with Crippen molar-refractivity contribution in [2.24, 2.45) is 11.8 Å². The number of carbonyl (C=O) groups excluding carboxylic acids is 3. The van der Waals surface area contributed by atoms with E-state index in [1.165, 1.54) is 0 Å². The van der Waals surface area contributed by atoms with Gasteiger partial charge in [0.25, 0.3) is 0 Å². The quantitative estimate of drug-likeness (QED) is 0.684. The van der Waals surface area contributed by atoms with Crippen molar-refractivity contribution in [1.29, 1.82) is 0 Å². The molecule has 1 aromatic carbocycles. The topological polar surface area (TPSA) is 90.5 Å².